The molecule has 0 spiro atoms. The Morgan fingerprint density at radius 1 is 0.673 bits per heavy atom. The van der Waals surface area contributed by atoms with Gasteiger partial charge in [-0.3, -0.25) is 9.79 Å². The molecule has 0 heterocycles. The number of nitrogens with one attached hydrogen (secondary N) is 3. The lowest BCUT2D eigenvalue weighted by Crippen LogP contribution is -2.47. The highest BCUT2D eigenvalue weighted by Gasteiger charge is 2.31. The molecule has 0 saturated carbocycles. The number of ether oxygens (including phenoxy) is 3. The van der Waals surface area contributed by atoms with E-state index in [0.717, 1.165) is 40.5 Å². The van der Waals surface area contributed by atoms with Crippen LogP contribution in [0.2, 0.25) is 0 Å². The van der Waals surface area contributed by atoms with Crippen molar-refractivity contribution in [1.82, 2.24) is 16.0 Å². The van der Waals surface area contributed by atoms with Crippen LogP contribution in [0.3, 0.4) is 0 Å². The average Bonchev–Trinajstić information content (AvgIpc) is 3.68. The van der Waals surface area contributed by atoms with Crippen LogP contribution in [0.25, 0.3) is 22.3 Å². The number of rotatable bonds is 15. The van der Waals surface area contributed by atoms with Gasteiger partial charge >= 0.3 is 12.2 Å². The van der Waals surface area contributed by atoms with Gasteiger partial charge in [0.25, 0.3) is 0 Å². The molecule has 1 unspecified atom stereocenters. The van der Waals surface area contributed by atoms with Gasteiger partial charge in [-0.05, 0) is 63.8 Å². The number of amides is 3. The van der Waals surface area contributed by atoms with Gasteiger partial charge in [-0.1, -0.05) is 97.1 Å². The number of aliphatic hydroxyl groups excluding tert-OH is 1. The second-order valence-electron chi connectivity index (χ2n) is 12.3. The maximum Gasteiger partial charge on any atom is 0.407 e. The van der Waals surface area contributed by atoms with E-state index in [9.17, 15) is 14.4 Å². The van der Waals surface area contributed by atoms with E-state index in [1.54, 1.807) is 0 Å². The van der Waals surface area contributed by atoms with Gasteiger partial charge in [0.1, 0.15) is 19.3 Å². The topological polar surface area (TPSA) is 148 Å². The van der Waals surface area contributed by atoms with E-state index >= 15 is 0 Å². The first kappa shape index (κ1) is 37.6. The van der Waals surface area contributed by atoms with Crippen molar-refractivity contribution in [2.24, 2.45) is 4.99 Å². The van der Waals surface area contributed by atoms with Crippen LogP contribution in [0, 0.1) is 0 Å². The predicted octanol–water partition coefficient (Wildman–Crippen LogP) is 6.00. The van der Waals surface area contributed by atoms with Crippen LogP contribution >= 0.6 is 0 Å². The highest BCUT2D eigenvalue weighted by Crippen LogP contribution is 2.45. The third-order valence-electron chi connectivity index (χ3n) is 9.20. The molecule has 52 heavy (non-hydrogen) atoms. The summed E-state index contributed by atoms with van der Waals surface area (Å²) in [6.45, 7) is 1.36. The molecule has 2 aliphatic carbocycles. The summed E-state index contributed by atoms with van der Waals surface area (Å²) in [5, 5.41) is 15.4. The minimum atomic E-state index is -0.827. The van der Waals surface area contributed by atoms with E-state index in [1.807, 2.05) is 48.5 Å². The standard InChI is InChI=1S/C40H42N4O6.CH4O/c1-48-26-41-22-23-42-38(45)37(44-40(47)50-25-36-33-18-8-4-14-29(33)30-15-5-9-19-34(30)36)20-10-11-21-43-39(46)49-24-35-31-16-6-2-12-27(31)28-13-3-7-17-32(28)35;1-2/h2-9,12-19,26,35-37H,10-11,20-25H2,1H3,(H,42,45)(H,43,46)(H,44,47);2H,1H3. The number of unbranched alkanes of at least 4 members (excludes halogenated alkanes) is 1. The first-order valence-electron chi connectivity index (χ1n) is 17.5. The summed E-state index contributed by atoms with van der Waals surface area (Å²) in [7, 11) is 2.50. The lowest BCUT2D eigenvalue weighted by molar-refractivity contribution is -0.123. The van der Waals surface area contributed by atoms with Crippen molar-refractivity contribution >= 4 is 24.5 Å². The van der Waals surface area contributed by atoms with Gasteiger partial charge in [0.2, 0.25) is 5.91 Å². The summed E-state index contributed by atoms with van der Waals surface area (Å²) in [5.74, 6) is -0.449. The van der Waals surface area contributed by atoms with Gasteiger partial charge in [0.15, 0.2) is 6.40 Å². The van der Waals surface area contributed by atoms with Crippen molar-refractivity contribution in [3.63, 3.8) is 0 Å². The number of nitrogens with zero attached hydrogens (tertiary/aromatic N) is 1. The molecule has 11 heteroatoms. The van der Waals surface area contributed by atoms with Crippen molar-refractivity contribution in [1.29, 1.82) is 0 Å². The van der Waals surface area contributed by atoms with E-state index in [-0.39, 0.29) is 37.5 Å². The molecule has 272 valence electrons. The van der Waals surface area contributed by atoms with Gasteiger partial charge < -0.3 is 35.3 Å². The second-order valence-corrected chi connectivity index (χ2v) is 12.3. The molecule has 4 aromatic rings. The number of hydrogen-bond acceptors (Lipinski definition) is 8. The molecule has 0 saturated heterocycles. The number of carbonyl (C=O) groups excluding carboxylic acids is 3. The van der Waals surface area contributed by atoms with E-state index in [1.165, 1.54) is 24.6 Å². The molecule has 0 fully saturated rings. The Kier molecular flexibility index (Phi) is 13.8. The molecule has 1 atom stereocenters. The Bertz CT molecular complexity index is 1750. The van der Waals surface area contributed by atoms with Crippen LogP contribution < -0.4 is 16.0 Å². The molecule has 2 aliphatic rings. The van der Waals surface area contributed by atoms with Crippen molar-refractivity contribution in [3.8, 4) is 22.3 Å². The number of hydrogen-bond donors (Lipinski definition) is 4. The van der Waals surface area contributed by atoms with Crippen LogP contribution in [0.4, 0.5) is 9.59 Å². The van der Waals surface area contributed by atoms with Gasteiger partial charge in [-0.15, -0.1) is 0 Å². The van der Waals surface area contributed by atoms with E-state index in [2.05, 4.69) is 69.5 Å². The largest absolute Gasteiger partial charge is 0.487 e. The highest BCUT2D eigenvalue weighted by atomic mass is 16.6. The Morgan fingerprint density at radius 2 is 1.13 bits per heavy atom. The summed E-state index contributed by atoms with van der Waals surface area (Å²) in [4.78, 5) is 42.8. The summed E-state index contributed by atoms with van der Waals surface area (Å²) in [6.07, 6.45) is 1.65. The van der Waals surface area contributed by atoms with E-state index in [4.69, 9.17) is 19.3 Å². The third-order valence-corrected chi connectivity index (χ3v) is 9.20. The molecule has 0 aliphatic heterocycles. The van der Waals surface area contributed by atoms with E-state index < -0.39 is 18.2 Å². The lowest BCUT2D eigenvalue weighted by atomic mass is 9.98. The van der Waals surface area contributed by atoms with Gasteiger partial charge in [-0.2, -0.15) is 0 Å². The van der Waals surface area contributed by atoms with Crippen molar-refractivity contribution in [2.45, 2.75) is 37.1 Å². The maximum absolute atomic E-state index is 13.1. The molecule has 11 nitrogen and oxygen atoms in total. The van der Waals surface area contributed by atoms with E-state index in [0.29, 0.717) is 32.4 Å². The predicted molar refractivity (Wildman–Crippen MR) is 200 cm³/mol. The smallest absolute Gasteiger partial charge is 0.407 e. The maximum atomic E-state index is 13.1. The Labute approximate surface area is 304 Å². The van der Waals surface area contributed by atoms with Gasteiger partial charge in [0, 0.05) is 32.0 Å². The first-order valence-corrected chi connectivity index (χ1v) is 17.5. The normalized spacial score (nSPS) is 13.1. The summed E-state index contributed by atoms with van der Waals surface area (Å²) in [5.41, 5.74) is 9.14. The van der Waals surface area contributed by atoms with Crippen LogP contribution in [0.5, 0.6) is 0 Å². The van der Waals surface area contributed by atoms with Crippen molar-refractivity contribution in [2.75, 3.05) is 47.1 Å². The zero-order chi connectivity index (χ0) is 36.7. The van der Waals surface area contributed by atoms with Gasteiger partial charge in [0.05, 0.1) is 13.7 Å². The number of aliphatic hydroxyl groups is 1. The first-order chi connectivity index (χ1) is 25.5. The number of alkyl carbamates (subject to hydrolysis) is 2. The zero-order valence-electron chi connectivity index (χ0n) is 29.5. The lowest BCUT2D eigenvalue weighted by Gasteiger charge is -2.20. The molecule has 3 amide bonds. The van der Waals surface area contributed by atoms with Crippen LogP contribution in [0.1, 0.15) is 53.4 Å². The fourth-order valence-corrected chi connectivity index (χ4v) is 6.86. The molecular formula is C41H46N4O7. The molecule has 0 aromatic heterocycles. The zero-order valence-corrected chi connectivity index (χ0v) is 29.5. The minimum absolute atomic E-state index is 0.0170. The van der Waals surface area contributed by atoms with Crippen LogP contribution in [0.15, 0.2) is 102 Å². The molecule has 4 N–H and O–H groups in total. The monoisotopic (exact) mass is 706 g/mol. The van der Waals surface area contributed by atoms with Crippen molar-refractivity contribution in [3.05, 3.63) is 119 Å². The SMILES string of the molecule is CO.COC=NCCNC(=O)C(CCCCNC(=O)OCC1c2ccccc2-c2ccccc21)NC(=O)OCC1c2ccccc2-c2ccccc21. The minimum Gasteiger partial charge on any atom is -0.487 e. The summed E-state index contributed by atoms with van der Waals surface area (Å²) in [6, 6.07) is 31.8. The summed E-state index contributed by atoms with van der Waals surface area (Å²) < 4.78 is 16.1. The molecule has 0 bridgehead atoms. The molecule has 0 radical (unpaired) electrons. The number of carbonyl (C=O) groups is 3. The quantitative estimate of drug-likeness (QED) is 0.0674. The highest BCUT2D eigenvalue weighted by molar-refractivity contribution is 5.86. The molecular weight excluding hydrogens is 660 g/mol. The van der Waals surface area contributed by atoms with Gasteiger partial charge in [-0.25, -0.2) is 9.59 Å². The Balaban J connectivity index is 0.00000257. The van der Waals surface area contributed by atoms with Crippen LogP contribution in [-0.2, 0) is 19.0 Å². The number of aliphatic imine (C=N–C) groups is 1. The number of benzene rings is 4. The van der Waals surface area contributed by atoms with Crippen LogP contribution in [-0.4, -0.2) is 82.7 Å². The summed E-state index contributed by atoms with van der Waals surface area (Å²) >= 11 is 0. The molecule has 4 aromatic carbocycles. The Morgan fingerprint density at radius 3 is 1.62 bits per heavy atom. The Hall–Kier alpha value is -5.68. The molecule has 6 rings (SSSR count). The fraction of sp³-hybridized carbons (Fsp3) is 0.317. The second kappa shape index (κ2) is 19.1. The average molecular weight is 707 g/mol. The third kappa shape index (κ3) is 9.15. The fourth-order valence-electron chi connectivity index (χ4n) is 6.86. The van der Waals surface area contributed by atoms with Crippen molar-refractivity contribution < 1.29 is 33.7 Å². The number of methoxy groups -OCH3 is 1. The number of fused-ring (bicyclic) bond motifs is 6.